The zero-order valence-electron chi connectivity index (χ0n) is 10.5. The topological polar surface area (TPSA) is 52.6 Å². The first kappa shape index (κ1) is 12.8. The van der Waals surface area contributed by atoms with Gasteiger partial charge in [-0.15, -0.1) is 0 Å². The molecule has 2 aliphatic rings. The van der Waals surface area contributed by atoms with Crippen LogP contribution in [0.1, 0.15) is 38.5 Å². The molecule has 0 aromatic heterocycles. The summed E-state index contributed by atoms with van der Waals surface area (Å²) in [4.78, 5) is 14.0. The normalized spacial score (nSPS) is 20.8. The van der Waals surface area contributed by atoms with Crippen molar-refractivity contribution in [1.29, 1.82) is 0 Å². The van der Waals surface area contributed by atoms with E-state index in [1.165, 1.54) is 25.7 Å². The Morgan fingerprint density at radius 2 is 1.94 bits per heavy atom. The molecule has 0 bridgehead atoms. The van der Waals surface area contributed by atoms with Gasteiger partial charge in [-0.25, -0.2) is 0 Å². The van der Waals surface area contributed by atoms with Gasteiger partial charge in [0.15, 0.2) is 0 Å². The molecule has 98 valence electrons. The van der Waals surface area contributed by atoms with Crippen molar-refractivity contribution in [2.45, 2.75) is 44.6 Å². The van der Waals surface area contributed by atoms with Crippen LogP contribution in [0.5, 0.6) is 0 Å². The summed E-state index contributed by atoms with van der Waals surface area (Å²) in [5.74, 6) is 0.965. The lowest BCUT2D eigenvalue weighted by atomic mass is 10.2. The maximum Gasteiger partial charge on any atom is 0.236 e. The molecule has 0 unspecified atom stereocenters. The van der Waals surface area contributed by atoms with Gasteiger partial charge < -0.3 is 15.3 Å². The Hall–Kier alpha value is -0.610. The van der Waals surface area contributed by atoms with Crippen molar-refractivity contribution in [3.8, 4) is 0 Å². The van der Waals surface area contributed by atoms with Gasteiger partial charge in [0.05, 0.1) is 13.2 Å². The third-order valence-electron chi connectivity index (χ3n) is 3.83. The molecule has 2 saturated carbocycles. The van der Waals surface area contributed by atoms with E-state index >= 15 is 0 Å². The maximum atomic E-state index is 12.1. The van der Waals surface area contributed by atoms with Gasteiger partial charge in [0, 0.05) is 12.6 Å². The second-order valence-corrected chi connectivity index (χ2v) is 5.32. The number of carbonyl (C=O) groups excluding carboxylic acids is 1. The fraction of sp³-hybridized carbons (Fsp3) is 0.923. The molecule has 0 aliphatic heterocycles. The van der Waals surface area contributed by atoms with Crippen LogP contribution < -0.4 is 5.32 Å². The van der Waals surface area contributed by atoms with Crippen molar-refractivity contribution in [2.75, 3.05) is 26.2 Å². The molecule has 2 N–H and O–H groups in total. The zero-order chi connectivity index (χ0) is 12.1. The third-order valence-corrected chi connectivity index (χ3v) is 3.83. The summed E-state index contributed by atoms with van der Waals surface area (Å²) in [6.07, 6.45) is 7.27. The van der Waals surface area contributed by atoms with Gasteiger partial charge >= 0.3 is 0 Å². The first-order valence-electron chi connectivity index (χ1n) is 6.92. The van der Waals surface area contributed by atoms with Crippen molar-refractivity contribution in [1.82, 2.24) is 10.2 Å². The van der Waals surface area contributed by atoms with Crippen LogP contribution in [0.2, 0.25) is 0 Å². The molecule has 2 fully saturated rings. The molecule has 0 saturated heterocycles. The standard InChI is InChI=1S/C13H24N2O2/c16-8-7-15(12-3-1-2-4-12)13(17)10-14-9-11-5-6-11/h11-12,14,16H,1-10H2. The van der Waals surface area contributed by atoms with Gasteiger partial charge in [0.25, 0.3) is 0 Å². The summed E-state index contributed by atoms with van der Waals surface area (Å²) in [6, 6.07) is 0.373. The van der Waals surface area contributed by atoms with Crippen molar-refractivity contribution in [3.63, 3.8) is 0 Å². The van der Waals surface area contributed by atoms with E-state index in [0.717, 1.165) is 25.3 Å². The molecule has 0 radical (unpaired) electrons. The number of aliphatic hydroxyl groups is 1. The zero-order valence-corrected chi connectivity index (χ0v) is 10.5. The molecule has 17 heavy (non-hydrogen) atoms. The van der Waals surface area contributed by atoms with Crippen LogP contribution in [0.15, 0.2) is 0 Å². The molecular weight excluding hydrogens is 216 g/mol. The Kier molecular flexibility index (Phi) is 4.80. The smallest absolute Gasteiger partial charge is 0.236 e. The number of aliphatic hydroxyl groups excluding tert-OH is 1. The fourth-order valence-corrected chi connectivity index (χ4v) is 2.64. The minimum atomic E-state index is 0.0743. The second-order valence-electron chi connectivity index (χ2n) is 5.32. The lowest BCUT2D eigenvalue weighted by molar-refractivity contribution is -0.133. The maximum absolute atomic E-state index is 12.1. The van der Waals surface area contributed by atoms with Crippen LogP contribution in [-0.2, 0) is 4.79 Å². The van der Waals surface area contributed by atoms with E-state index in [9.17, 15) is 4.79 Å². The number of nitrogens with one attached hydrogen (secondary N) is 1. The molecule has 4 nitrogen and oxygen atoms in total. The number of hydrogen-bond donors (Lipinski definition) is 2. The first-order valence-corrected chi connectivity index (χ1v) is 6.92. The van der Waals surface area contributed by atoms with Crippen LogP contribution in [0, 0.1) is 5.92 Å². The number of amides is 1. The minimum absolute atomic E-state index is 0.0743. The summed E-state index contributed by atoms with van der Waals surface area (Å²) in [5, 5.41) is 12.3. The Bertz CT molecular complexity index is 248. The van der Waals surface area contributed by atoms with Gasteiger partial charge in [-0.3, -0.25) is 4.79 Å². The Morgan fingerprint density at radius 1 is 1.24 bits per heavy atom. The molecule has 4 heteroatoms. The average Bonchev–Trinajstić information content (AvgIpc) is 2.99. The highest BCUT2D eigenvalue weighted by Crippen LogP contribution is 2.27. The van der Waals surface area contributed by atoms with E-state index in [0.29, 0.717) is 19.1 Å². The van der Waals surface area contributed by atoms with Crippen molar-refractivity contribution in [2.24, 2.45) is 5.92 Å². The van der Waals surface area contributed by atoms with Crippen LogP contribution in [0.3, 0.4) is 0 Å². The summed E-state index contributed by atoms with van der Waals surface area (Å²) in [5.41, 5.74) is 0. The van der Waals surface area contributed by atoms with Crippen molar-refractivity contribution in [3.05, 3.63) is 0 Å². The average molecular weight is 240 g/mol. The highest BCUT2D eigenvalue weighted by molar-refractivity contribution is 5.78. The molecular formula is C13H24N2O2. The number of carbonyl (C=O) groups is 1. The molecule has 2 aliphatic carbocycles. The van der Waals surface area contributed by atoms with E-state index in [-0.39, 0.29) is 12.5 Å². The van der Waals surface area contributed by atoms with E-state index in [1.807, 2.05) is 4.90 Å². The largest absolute Gasteiger partial charge is 0.395 e. The number of nitrogens with zero attached hydrogens (tertiary/aromatic N) is 1. The molecule has 0 aromatic rings. The summed E-state index contributed by atoms with van der Waals surface area (Å²) < 4.78 is 0. The van der Waals surface area contributed by atoms with Crippen molar-refractivity contribution >= 4 is 5.91 Å². The minimum Gasteiger partial charge on any atom is -0.395 e. The quantitative estimate of drug-likeness (QED) is 0.690. The molecule has 0 aromatic carbocycles. The Morgan fingerprint density at radius 3 is 2.53 bits per heavy atom. The molecule has 0 heterocycles. The molecule has 0 spiro atoms. The predicted octanol–water partition coefficient (Wildman–Crippen LogP) is 0.749. The lowest BCUT2D eigenvalue weighted by Gasteiger charge is -2.28. The van der Waals surface area contributed by atoms with Gasteiger partial charge in [0.2, 0.25) is 5.91 Å². The highest BCUT2D eigenvalue weighted by Gasteiger charge is 2.26. The Labute approximate surface area is 103 Å². The van der Waals surface area contributed by atoms with E-state index in [4.69, 9.17) is 5.11 Å². The van der Waals surface area contributed by atoms with Gasteiger partial charge in [-0.05, 0) is 38.1 Å². The van der Waals surface area contributed by atoms with E-state index in [1.54, 1.807) is 0 Å². The van der Waals surface area contributed by atoms with Crippen molar-refractivity contribution < 1.29 is 9.90 Å². The van der Waals surface area contributed by atoms with E-state index in [2.05, 4.69) is 5.32 Å². The van der Waals surface area contributed by atoms with Crippen LogP contribution in [-0.4, -0.2) is 48.2 Å². The van der Waals surface area contributed by atoms with Crippen LogP contribution in [0.4, 0.5) is 0 Å². The predicted molar refractivity (Wildman–Crippen MR) is 66.6 cm³/mol. The van der Waals surface area contributed by atoms with Crippen LogP contribution >= 0.6 is 0 Å². The lowest BCUT2D eigenvalue weighted by Crippen LogP contribution is -2.45. The van der Waals surface area contributed by atoms with E-state index < -0.39 is 0 Å². The fourth-order valence-electron chi connectivity index (χ4n) is 2.64. The third kappa shape index (κ3) is 3.96. The number of hydrogen-bond acceptors (Lipinski definition) is 3. The molecule has 1 amide bonds. The molecule has 2 rings (SSSR count). The van der Waals surface area contributed by atoms with Gasteiger partial charge in [-0.2, -0.15) is 0 Å². The molecule has 0 atom stereocenters. The number of rotatable bonds is 7. The summed E-state index contributed by atoms with van der Waals surface area (Å²) >= 11 is 0. The van der Waals surface area contributed by atoms with Gasteiger partial charge in [-0.1, -0.05) is 12.8 Å². The first-order chi connectivity index (χ1) is 8.31. The monoisotopic (exact) mass is 240 g/mol. The Balaban J connectivity index is 1.74. The van der Waals surface area contributed by atoms with Crippen LogP contribution in [0.25, 0.3) is 0 Å². The summed E-state index contributed by atoms with van der Waals surface area (Å²) in [7, 11) is 0. The second kappa shape index (κ2) is 6.36. The van der Waals surface area contributed by atoms with Gasteiger partial charge in [0.1, 0.15) is 0 Å². The SMILES string of the molecule is O=C(CNCC1CC1)N(CCO)C1CCCC1. The highest BCUT2D eigenvalue weighted by atomic mass is 16.3. The summed E-state index contributed by atoms with van der Waals surface area (Å²) in [6.45, 7) is 1.98.